The summed E-state index contributed by atoms with van der Waals surface area (Å²) in [5, 5.41) is 1.50. The Balaban J connectivity index is 1.47. The molecule has 0 unspecified atom stereocenters. The van der Waals surface area contributed by atoms with Crippen molar-refractivity contribution in [1.29, 1.82) is 0 Å². The lowest BCUT2D eigenvalue weighted by Gasteiger charge is -2.09. The maximum atomic E-state index is 12.5. The van der Waals surface area contributed by atoms with Gasteiger partial charge in [0.2, 0.25) is 0 Å². The number of fused-ring (bicyclic) bond motifs is 1. The van der Waals surface area contributed by atoms with Gasteiger partial charge < -0.3 is 4.74 Å². The van der Waals surface area contributed by atoms with Crippen LogP contribution in [-0.2, 0) is 0 Å². The summed E-state index contributed by atoms with van der Waals surface area (Å²) in [6.45, 7) is 0. The van der Waals surface area contributed by atoms with Crippen LogP contribution in [0, 0.1) is 0 Å². The number of ether oxygens (including phenoxy) is 1. The van der Waals surface area contributed by atoms with Gasteiger partial charge in [0.05, 0.1) is 5.52 Å². The highest BCUT2D eigenvalue weighted by molar-refractivity contribution is 7.98. The van der Waals surface area contributed by atoms with Crippen LogP contribution in [0.4, 0.5) is 0 Å². The van der Waals surface area contributed by atoms with Crippen molar-refractivity contribution in [2.24, 2.45) is 0 Å². The number of halogens is 1. The van der Waals surface area contributed by atoms with E-state index in [1.165, 1.54) is 4.90 Å². The fourth-order valence-corrected chi connectivity index (χ4v) is 3.56. The van der Waals surface area contributed by atoms with Crippen LogP contribution in [0.2, 0.25) is 5.02 Å². The standard InChI is InChI=1S/C25H18ClNO2S/c1-30-21-10-2-17(3-11-21)4-13-24(28)18-5-8-20(9-6-18)29-25-14-15-27-23-16-19(26)7-12-22(23)25/h2-16H,1H3/b13-4+. The van der Waals surface area contributed by atoms with Gasteiger partial charge >= 0.3 is 0 Å². The van der Waals surface area contributed by atoms with E-state index in [9.17, 15) is 4.79 Å². The minimum Gasteiger partial charge on any atom is -0.457 e. The first-order valence-corrected chi connectivity index (χ1v) is 10.9. The number of thioether (sulfide) groups is 1. The lowest BCUT2D eigenvalue weighted by Crippen LogP contribution is -1.94. The van der Waals surface area contributed by atoms with Crippen molar-refractivity contribution in [3.05, 3.63) is 101 Å². The van der Waals surface area contributed by atoms with Crippen molar-refractivity contribution in [3.8, 4) is 11.5 Å². The molecule has 5 heteroatoms. The molecular formula is C25H18ClNO2S. The number of aromatic nitrogens is 1. The predicted molar refractivity (Wildman–Crippen MR) is 125 cm³/mol. The summed E-state index contributed by atoms with van der Waals surface area (Å²) < 4.78 is 6.00. The van der Waals surface area contributed by atoms with E-state index in [4.69, 9.17) is 16.3 Å². The van der Waals surface area contributed by atoms with Crippen molar-refractivity contribution >= 4 is 46.1 Å². The number of pyridine rings is 1. The van der Waals surface area contributed by atoms with Crippen LogP contribution in [0.15, 0.2) is 90.0 Å². The third-order valence-corrected chi connectivity index (χ3v) is 5.55. The maximum absolute atomic E-state index is 12.5. The second-order valence-corrected chi connectivity index (χ2v) is 7.88. The van der Waals surface area contributed by atoms with Crippen molar-refractivity contribution in [2.45, 2.75) is 4.90 Å². The molecule has 4 aromatic rings. The van der Waals surface area contributed by atoms with E-state index in [1.54, 1.807) is 66.5 Å². The monoisotopic (exact) mass is 431 g/mol. The fourth-order valence-electron chi connectivity index (χ4n) is 2.98. The van der Waals surface area contributed by atoms with Crippen LogP contribution in [0.3, 0.4) is 0 Å². The highest BCUT2D eigenvalue weighted by Gasteiger charge is 2.07. The Bertz CT molecular complexity index is 1220. The topological polar surface area (TPSA) is 39.2 Å². The van der Waals surface area contributed by atoms with Crippen molar-refractivity contribution in [2.75, 3.05) is 6.26 Å². The second-order valence-electron chi connectivity index (χ2n) is 6.57. The Hall–Kier alpha value is -3.08. The van der Waals surface area contributed by atoms with Crippen molar-refractivity contribution < 1.29 is 9.53 Å². The highest BCUT2D eigenvalue weighted by atomic mass is 35.5. The summed E-state index contributed by atoms with van der Waals surface area (Å²) >= 11 is 7.73. The fraction of sp³-hybridized carbons (Fsp3) is 0.0400. The van der Waals surface area contributed by atoms with Gasteiger partial charge in [-0.3, -0.25) is 9.78 Å². The van der Waals surface area contributed by atoms with Crippen LogP contribution >= 0.6 is 23.4 Å². The first-order valence-electron chi connectivity index (χ1n) is 9.31. The molecule has 0 saturated carbocycles. The minimum absolute atomic E-state index is 0.0560. The zero-order valence-corrected chi connectivity index (χ0v) is 17.8. The quantitative estimate of drug-likeness (QED) is 0.182. The molecule has 148 valence electrons. The molecular weight excluding hydrogens is 414 g/mol. The van der Waals surface area contributed by atoms with E-state index in [0.29, 0.717) is 22.1 Å². The van der Waals surface area contributed by atoms with E-state index in [1.807, 2.05) is 42.7 Å². The number of allylic oxidation sites excluding steroid dienone is 1. The van der Waals surface area contributed by atoms with E-state index in [2.05, 4.69) is 4.98 Å². The molecule has 30 heavy (non-hydrogen) atoms. The Morgan fingerprint density at radius 2 is 1.77 bits per heavy atom. The number of hydrogen-bond acceptors (Lipinski definition) is 4. The minimum atomic E-state index is -0.0560. The van der Waals surface area contributed by atoms with Gasteiger partial charge in [-0.25, -0.2) is 0 Å². The average Bonchev–Trinajstić information content (AvgIpc) is 2.78. The van der Waals surface area contributed by atoms with Crippen LogP contribution < -0.4 is 4.74 Å². The van der Waals surface area contributed by atoms with Gasteiger partial charge in [-0.05, 0) is 78.6 Å². The lowest BCUT2D eigenvalue weighted by atomic mass is 10.1. The number of hydrogen-bond donors (Lipinski definition) is 0. The third kappa shape index (κ3) is 4.73. The molecule has 0 amide bonds. The molecule has 0 radical (unpaired) electrons. The third-order valence-electron chi connectivity index (χ3n) is 4.57. The molecule has 0 saturated heterocycles. The van der Waals surface area contributed by atoms with Gasteiger partial charge in [0.25, 0.3) is 0 Å². The van der Waals surface area contributed by atoms with Gasteiger partial charge in [-0.1, -0.05) is 29.8 Å². The van der Waals surface area contributed by atoms with Crippen LogP contribution in [0.5, 0.6) is 11.5 Å². The molecule has 1 heterocycles. The van der Waals surface area contributed by atoms with Crippen LogP contribution in [-0.4, -0.2) is 17.0 Å². The summed E-state index contributed by atoms with van der Waals surface area (Å²) in [6.07, 6.45) is 7.13. The molecule has 0 aliphatic rings. The Labute approximate surface area is 184 Å². The number of carbonyl (C=O) groups is 1. The average molecular weight is 432 g/mol. The van der Waals surface area contributed by atoms with Crippen LogP contribution in [0.25, 0.3) is 17.0 Å². The smallest absolute Gasteiger partial charge is 0.185 e. The Kier molecular flexibility index (Phi) is 6.17. The van der Waals surface area contributed by atoms with Crippen molar-refractivity contribution in [3.63, 3.8) is 0 Å². The maximum Gasteiger partial charge on any atom is 0.185 e. The zero-order valence-electron chi connectivity index (χ0n) is 16.2. The molecule has 1 aromatic heterocycles. The molecule has 0 N–H and O–H groups in total. The Morgan fingerprint density at radius 1 is 1.00 bits per heavy atom. The van der Waals surface area contributed by atoms with Crippen molar-refractivity contribution in [1.82, 2.24) is 4.98 Å². The van der Waals surface area contributed by atoms with Gasteiger partial charge in [0.1, 0.15) is 11.5 Å². The first-order chi connectivity index (χ1) is 14.6. The van der Waals surface area contributed by atoms with E-state index in [0.717, 1.165) is 16.5 Å². The van der Waals surface area contributed by atoms with E-state index < -0.39 is 0 Å². The zero-order chi connectivity index (χ0) is 20.9. The molecule has 3 nitrogen and oxygen atoms in total. The largest absolute Gasteiger partial charge is 0.457 e. The molecule has 0 atom stereocenters. The Morgan fingerprint density at radius 3 is 2.50 bits per heavy atom. The summed E-state index contributed by atoms with van der Waals surface area (Å²) in [5.74, 6) is 1.27. The summed E-state index contributed by atoms with van der Waals surface area (Å²) in [6, 6.07) is 22.5. The normalized spacial score (nSPS) is 11.1. The molecule has 0 spiro atoms. The first kappa shape index (κ1) is 20.2. The van der Waals surface area contributed by atoms with E-state index in [-0.39, 0.29) is 5.78 Å². The summed E-state index contributed by atoms with van der Waals surface area (Å²) in [4.78, 5) is 18.0. The van der Waals surface area contributed by atoms with Crippen LogP contribution in [0.1, 0.15) is 15.9 Å². The molecule has 3 aromatic carbocycles. The number of benzene rings is 3. The number of carbonyl (C=O) groups excluding carboxylic acids is 1. The highest BCUT2D eigenvalue weighted by Crippen LogP contribution is 2.30. The number of ketones is 1. The molecule has 4 rings (SSSR count). The van der Waals surface area contributed by atoms with E-state index >= 15 is 0 Å². The summed E-state index contributed by atoms with van der Waals surface area (Å²) in [7, 11) is 0. The number of nitrogens with zero attached hydrogens (tertiary/aromatic N) is 1. The molecule has 0 aliphatic carbocycles. The van der Waals surface area contributed by atoms with Gasteiger partial charge in [-0.15, -0.1) is 11.8 Å². The molecule has 0 fully saturated rings. The summed E-state index contributed by atoms with van der Waals surface area (Å²) in [5.41, 5.74) is 2.36. The van der Waals surface area contributed by atoms with Gasteiger partial charge in [0.15, 0.2) is 5.78 Å². The second kappa shape index (κ2) is 9.16. The lowest BCUT2D eigenvalue weighted by molar-refractivity contribution is 0.104. The number of rotatable bonds is 6. The SMILES string of the molecule is CSc1ccc(/C=C/C(=O)c2ccc(Oc3ccnc4cc(Cl)ccc34)cc2)cc1. The predicted octanol–water partition coefficient (Wildman–Crippen LogP) is 7.30. The van der Waals surface area contributed by atoms with Gasteiger partial charge in [0, 0.05) is 27.1 Å². The molecule has 0 aliphatic heterocycles. The van der Waals surface area contributed by atoms with Gasteiger partial charge in [-0.2, -0.15) is 0 Å². The molecule has 0 bridgehead atoms.